The second-order valence-corrected chi connectivity index (χ2v) is 6.28. The molecule has 152 valence electrons. The van der Waals surface area contributed by atoms with Crippen molar-refractivity contribution in [2.45, 2.75) is 13.2 Å². The summed E-state index contributed by atoms with van der Waals surface area (Å²) in [5, 5.41) is 4.30. The number of carbonyl (C=O) groups is 1. The Morgan fingerprint density at radius 2 is 1.93 bits per heavy atom. The molecule has 0 saturated carbocycles. The minimum absolute atomic E-state index is 0.0280. The minimum Gasteiger partial charge on any atom is -0.493 e. The number of nitrogens with zero attached hydrogens (tertiary/aromatic N) is 2. The molecule has 3 rings (SSSR count). The molecular weight excluding hydrogens is 433 g/mol. The number of carbonyl (C=O) groups excluding carboxylic acids is 1. The maximum absolute atomic E-state index is 12.4. The fraction of sp³-hybridized carbons (Fsp3) is 0.167. The van der Waals surface area contributed by atoms with E-state index in [9.17, 15) is 13.6 Å². The van der Waals surface area contributed by atoms with Gasteiger partial charge in [-0.3, -0.25) is 0 Å². The highest BCUT2D eigenvalue weighted by Gasteiger charge is 2.16. The Bertz CT molecular complexity index is 1030. The van der Waals surface area contributed by atoms with Crippen molar-refractivity contribution in [2.75, 3.05) is 7.11 Å². The van der Waals surface area contributed by atoms with Gasteiger partial charge in [-0.1, -0.05) is 28.4 Å². The summed E-state index contributed by atoms with van der Waals surface area (Å²) in [5.41, 5.74) is 0.632. The predicted molar refractivity (Wildman–Crippen MR) is 98.5 cm³/mol. The molecule has 0 N–H and O–H groups in total. The largest absolute Gasteiger partial charge is 0.493 e. The van der Waals surface area contributed by atoms with Crippen LogP contribution in [0.4, 0.5) is 8.78 Å². The first-order chi connectivity index (χ1) is 13.9. The molecule has 0 spiro atoms. The Labute approximate surface area is 173 Å². The molecule has 1 heterocycles. The molecule has 3 aromatic rings. The average molecular weight is 445 g/mol. The van der Waals surface area contributed by atoms with E-state index in [2.05, 4.69) is 14.9 Å². The first kappa shape index (κ1) is 20.8. The van der Waals surface area contributed by atoms with Gasteiger partial charge in [0.15, 0.2) is 18.1 Å². The molecule has 0 atom stereocenters. The fourth-order valence-corrected chi connectivity index (χ4v) is 2.56. The van der Waals surface area contributed by atoms with Crippen LogP contribution in [0.3, 0.4) is 0 Å². The van der Waals surface area contributed by atoms with Gasteiger partial charge in [-0.25, -0.2) is 4.79 Å². The second-order valence-electron chi connectivity index (χ2n) is 5.46. The number of hydrogen-bond donors (Lipinski definition) is 0. The Kier molecular flexibility index (Phi) is 6.50. The van der Waals surface area contributed by atoms with E-state index in [1.54, 1.807) is 0 Å². The van der Waals surface area contributed by atoms with E-state index < -0.39 is 12.6 Å². The number of esters is 1. The Hall–Kier alpha value is -2.91. The van der Waals surface area contributed by atoms with Crippen LogP contribution in [0.1, 0.15) is 16.2 Å². The summed E-state index contributed by atoms with van der Waals surface area (Å²) in [6.07, 6.45) is 0. The third kappa shape index (κ3) is 5.12. The topological polar surface area (TPSA) is 83.7 Å². The van der Waals surface area contributed by atoms with Crippen LogP contribution in [0, 0.1) is 0 Å². The number of methoxy groups -OCH3 is 1. The van der Waals surface area contributed by atoms with E-state index in [1.165, 1.54) is 43.5 Å². The van der Waals surface area contributed by atoms with Crippen molar-refractivity contribution in [1.29, 1.82) is 0 Å². The highest BCUT2D eigenvalue weighted by atomic mass is 35.5. The van der Waals surface area contributed by atoms with Crippen LogP contribution < -0.4 is 9.47 Å². The van der Waals surface area contributed by atoms with Crippen molar-refractivity contribution >= 4 is 29.2 Å². The Morgan fingerprint density at radius 1 is 1.14 bits per heavy atom. The first-order valence-electron chi connectivity index (χ1n) is 7.95. The second kappa shape index (κ2) is 9.06. The van der Waals surface area contributed by atoms with Crippen molar-refractivity contribution < 1.29 is 32.3 Å². The molecule has 0 aliphatic carbocycles. The summed E-state index contributed by atoms with van der Waals surface area (Å²) < 4.78 is 44.3. The summed E-state index contributed by atoms with van der Waals surface area (Å²) in [6.45, 7) is -3.27. The predicted octanol–water partition coefficient (Wildman–Crippen LogP) is 5.01. The van der Waals surface area contributed by atoms with E-state index in [0.29, 0.717) is 10.6 Å². The van der Waals surface area contributed by atoms with Crippen molar-refractivity contribution in [3.8, 4) is 22.9 Å². The van der Waals surface area contributed by atoms with Crippen LogP contribution in [0.15, 0.2) is 40.9 Å². The molecule has 0 fully saturated rings. The van der Waals surface area contributed by atoms with E-state index >= 15 is 0 Å². The quantitative estimate of drug-likeness (QED) is 0.473. The van der Waals surface area contributed by atoms with Gasteiger partial charge in [-0.15, -0.1) is 0 Å². The van der Waals surface area contributed by atoms with Crippen LogP contribution >= 0.6 is 23.2 Å². The molecule has 11 heteroatoms. The molecule has 0 saturated heterocycles. The monoisotopic (exact) mass is 444 g/mol. The highest BCUT2D eigenvalue weighted by molar-refractivity contribution is 6.42. The SMILES string of the molecule is COc1cc(-c2noc(COC(=O)c3ccc(Cl)c(Cl)c3)n2)ccc1OC(F)F. The summed E-state index contributed by atoms with van der Waals surface area (Å²) in [6, 6.07) is 8.47. The number of halogens is 4. The van der Waals surface area contributed by atoms with E-state index in [-0.39, 0.29) is 40.4 Å². The molecule has 0 unspecified atom stereocenters. The molecule has 0 amide bonds. The van der Waals surface area contributed by atoms with Crippen molar-refractivity contribution in [3.63, 3.8) is 0 Å². The molecule has 7 nitrogen and oxygen atoms in total. The van der Waals surface area contributed by atoms with Crippen LogP contribution in [0.5, 0.6) is 11.5 Å². The van der Waals surface area contributed by atoms with Gasteiger partial charge >= 0.3 is 12.6 Å². The van der Waals surface area contributed by atoms with E-state index in [4.69, 9.17) is 37.2 Å². The number of ether oxygens (including phenoxy) is 3. The average Bonchev–Trinajstić information content (AvgIpc) is 3.17. The molecular formula is C18H12Cl2F2N2O5. The highest BCUT2D eigenvalue weighted by Crippen LogP contribution is 2.32. The molecule has 0 radical (unpaired) electrons. The van der Waals surface area contributed by atoms with Gasteiger partial charge in [0.25, 0.3) is 5.89 Å². The smallest absolute Gasteiger partial charge is 0.387 e. The van der Waals surface area contributed by atoms with Gasteiger partial charge < -0.3 is 18.7 Å². The van der Waals surface area contributed by atoms with Crippen molar-refractivity contribution in [1.82, 2.24) is 10.1 Å². The van der Waals surface area contributed by atoms with Crippen LogP contribution in [0.25, 0.3) is 11.4 Å². The normalized spacial score (nSPS) is 10.8. The lowest BCUT2D eigenvalue weighted by atomic mass is 10.2. The zero-order valence-electron chi connectivity index (χ0n) is 14.7. The van der Waals surface area contributed by atoms with Crippen molar-refractivity contribution in [2.24, 2.45) is 0 Å². The molecule has 1 aromatic heterocycles. The summed E-state index contributed by atoms with van der Waals surface area (Å²) in [5.74, 6) is -0.544. The van der Waals surface area contributed by atoms with Gasteiger partial charge in [0.05, 0.1) is 22.7 Å². The lowest BCUT2D eigenvalue weighted by molar-refractivity contribution is -0.0512. The van der Waals surface area contributed by atoms with Crippen LogP contribution in [0.2, 0.25) is 10.0 Å². The van der Waals surface area contributed by atoms with Gasteiger partial charge in [0.1, 0.15) is 0 Å². The zero-order valence-corrected chi connectivity index (χ0v) is 16.2. The van der Waals surface area contributed by atoms with Gasteiger partial charge in [0, 0.05) is 5.56 Å². The zero-order chi connectivity index (χ0) is 21.0. The first-order valence-corrected chi connectivity index (χ1v) is 8.71. The minimum atomic E-state index is -2.99. The molecule has 29 heavy (non-hydrogen) atoms. The molecule has 2 aromatic carbocycles. The van der Waals surface area contributed by atoms with Gasteiger partial charge in [-0.05, 0) is 36.4 Å². The number of aromatic nitrogens is 2. The lowest BCUT2D eigenvalue weighted by Gasteiger charge is -2.10. The van der Waals surface area contributed by atoms with Crippen LogP contribution in [-0.4, -0.2) is 29.8 Å². The maximum Gasteiger partial charge on any atom is 0.387 e. The lowest BCUT2D eigenvalue weighted by Crippen LogP contribution is -2.05. The van der Waals surface area contributed by atoms with Gasteiger partial charge in [-0.2, -0.15) is 13.8 Å². The number of hydrogen-bond acceptors (Lipinski definition) is 7. The van der Waals surface area contributed by atoms with Crippen LogP contribution in [-0.2, 0) is 11.3 Å². The Balaban J connectivity index is 1.69. The van der Waals surface area contributed by atoms with Gasteiger partial charge in [0.2, 0.25) is 5.82 Å². The van der Waals surface area contributed by atoms with Crippen molar-refractivity contribution in [3.05, 3.63) is 57.9 Å². The summed E-state index contributed by atoms with van der Waals surface area (Å²) in [4.78, 5) is 16.2. The molecule has 0 aliphatic rings. The maximum atomic E-state index is 12.4. The van der Waals surface area contributed by atoms with E-state index in [1.807, 2.05) is 0 Å². The summed E-state index contributed by atoms with van der Waals surface area (Å²) in [7, 11) is 1.31. The molecule has 0 aliphatic heterocycles. The third-order valence-electron chi connectivity index (χ3n) is 3.59. The number of rotatable bonds is 7. The number of benzene rings is 2. The Morgan fingerprint density at radius 3 is 2.62 bits per heavy atom. The standard InChI is InChI=1S/C18H12Cl2F2N2O5/c1-26-14-7-9(3-5-13(14)28-18(21)22)16-23-15(29-24-16)8-27-17(25)10-2-4-11(19)12(20)6-10/h2-7,18H,8H2,1H3. The molecule has 0 bridgehead atoms. The third-order valence-corrected chi connectivity index (χ3v) is 4.33. The summed E-state index contributed by atoms with van der Waals surface area (Å²) >= 11 is 11.7. The number of alkyl halides is 2. The van der Waals surface area contributed by atoms with E-state index in [0.717, 1.165) is 0 Å². The fourth-order valence-electron chi connectivity index (χ4n) is 2.26.